The quantitative estimate of drug-likeness (QED) is 0.727. The van der Waals surface area contributed by atoms with Gasteiger partial charge in [0.25, 0.3) is 0 Å². The van der Waals surface area contributed by atoms with Crippen LogP contribution in [-0.4, -0.2) is 14.8 Å². The molecule has 19 heavy (non-hydrogen) atoms. The summed E-state index contributed by atoms with van der Waals surface area (Å²) in [5.74, 6) is 0.787. The van der Waals surface area contributed by atoms with Gasteiger partial charge in [-0.2, -0.15) is 0 Å². The van der Waals surface area contributed by atoms with Crippen LogP contribution in [0.25, 0.3) is 11.4 Å². The van der Waals surface area contributed by atoms with Gasteiger partial charge in [0.15, 0.2) is 5.82 Å². The zero-order valence-electron chi connectivity index (χ0n) is 10.2. The molecular formula is C15H12ClN3. The molecule has 0 atom stereocenters. The lowest BCUT2D eigenvalue weighted by atomic mass is 10.2. The van der Waals surface area contributed by atoms with Gasteiger partial charge in [0.1, 0.15) is 0 Å². The van der Waals surface area contributed by atoms with Crippen LogP contribution >= 0.6 is 11.6 Å². The molecule has 0 aliphatic carbocycles. The van der Waals surface area contributed by atoms with Gasteiger partial charge in [-0.25, -0.2) is 0 Å². The molecule has 0 radical (unpaired) electrons. The van der Waals surface area contributed by atoms with Crippen LogP contribution in [0.3, 0.4) is 0 Å². The van der Waals surface area contributed by atoms with E-state index >= 15 is 0 Å². The van der Waals surface area contributed by atoms with Gasteiger partial charge in [0.05, 0.1) is 6.54 Å². The van der Waals surface area contributed by atoms with E-state index < -0.39 is 0 Å². The maximum Gasteiger partial charge on any atom is 0.225 e. The van der Waals surface area contributed by atoms with E-state index in [9.17, 15) is 0 Å². The lowest BCUT2D eigenvalue weighted by Crippen LogP contribution is -2.02. The van der Waals surface area contributed by atoms with Crippen LogP contribution in [0.4, 0.5) is 0 Å². The molecule has 3 aromatic rings. The molecule has 0 unspecified atom stereocenters. The molecule has 0 saturated heterocycles. The maximum atomic E-state index is 6.13. The molecule has 3 nitrogen and oxygen atoms in total. The number of benzene rings is 2. The molecular weight excluding hydrogens is 258 g/mol. The molecule has 0 N–H and O–H groups in total. The number of rotatable bonds is 3. The third-order valence-electron chi connectivity index (χ3n) is 2.92. The smallest absolute Gasteiger partial charge is 0.225 e. The summed E-state index contributed by atoms with van der Waals surface area (Å²) in [4.78, 5) is 0. The van der Waals surface area contributed by atoms with Gasteiger partial charge >= 0.3 is 0 Å². The van der Waals surface area contributed by atoms with Gasteiger partial charge in [-0.3, -0.25) is 4.57 Å². The maximum absolute atomic E-state index is 6.13. The first-order chi connectivity index (χ1) is 9.34. The second-order valence-corrected chi connectivity index (χ2v) is 4.57. The van der Waals surface area contributed by atoms with E-state index in [0.29, 0.717) is 11.8 Å². The van der Waals surface area contributed by atoms with Crippen LogP contribution in [0.2, 0.25) is 5.28 Å². The van der Waals surface area contributed by atoms with Crippen molar-refractivity contribution in [2.45, 2.75) is 6.54 Å². The average Bonchev–Trinajstić information content (AvgIpc) is 2.82. The Morgan fingerprint density at radius 2 is 1.47 bits per heavy atom. The monoisotopic (exact) mass is 269 g/mol. The molecule has 1 heterocycles. The van der Waals surface area contributed by atoms with Crippen molar-refractivity contribution in [1.29, 1.82) is 0 Å². The molecule has 0 bridgehead atoms. The summed E-state index contributed by atoms with van der Waals surface area (Å²) in [6.45, 7) is 0.664. The predicted octanol–water partition coefficient (Wildman–Crippen LogP) is 3.65. The third-order valence-corrected chi connectivity index (χ3v) is 3.20. The standard InChI is InChI=1S/C15H12ClN3/c16-15-18-17-14(13-9-5-2-6-10-13)19(15)11-12-7-3-1-4-8-12/h1-10H,11H2. The first-order valence-electron chi connectivity index (χ1n) is 6.02. The lowest BCUT2D eigenvalue weighted by Gasteiger charge is -2.07. The van der Waals surface area contributed by atoms with Crippen molar-refractivity contribution in [3.05, 3.63) is 71.5 Å². The predicted molar refractivity (Wildman–Crippen MR) is 76.0 cm³/mol. The molecule has 3 rings (SSSR count). The Bertz CT molecular complexity index is 662. The van der Waals surface area contributed by atoms with Crippen LogP contribution in [0.5, 0.6) is 0 Å². The summed E-state index contributed by atoms with van der Waals surface area (Å²) in [5.41, 5.74) is 2.18. The van der Waals surface area contributed by atoms with Crippen LogP contribution in [0.1, 0.15) is 5.56 Å². The molecule has 94 valence electrons. The minimum Gasteiger partial charge on any atom is -0.293 e. The zero-order chi connectivity index (χ0) is 13.1. The fraction of sp³-hybridized carbons (Fsp3) is 0.0667. The highest BCUT2D eigenvalue weighted by Gasteiger charge is 2.12. The van der Waals surface area contributed by atoms with Gasteiger partial charge < -0.3 is 0 Å². The molecule has 0 aliphatic heterocycles. The van der Waals surface area contributed by atoms with Crippen molar-refractivity contribution in [3.8, 4) is 11.4 Å². The minimum absolute atomic E-state index is 0.405. The minimum atomic E-state index is 0.405. The number of halogens is 1. The van der Waals surface area contributed by atoms with E-state index in [1.165, 1.54) is 5.56 Å². The summed E-state index contributed by atoms with van der Waals surface area (Å²) >= 11 is 6.13. The Morgan fingerprint density at radius 1 is 0.842 bits per heavy atom. The summed E-state index contributed by atoms with van der Waals surface area (Å²) in [6.07, 6.45) is 0. The van der Waals surface area contributed by atoms with Crippen LogP contribution < -0.4 is 0 Å². The summed E-state index contributed by atoms with van der Waals surface area (Å²) < 4.78 is 1.91. The van der Waals surface area contributed by atoms with E-state index in [2.05, 4.69) is 22.3 Å². The first-order valence-corrected chi connectivity index (χ1v) is 6.40. The van der Waals surface area contributed by atoms with Gasteiger partial charge in [-0.15, -0.1) is 10.2 Å². The van der Waals surface area contributed by atoms with Gasteiger partial charge in [0.2, 0.25) is 5.28 Å². The van der Waals surface area contributed by atoms with Gasteiger partial charge in [-0.1, -0.05) is 60.7 Å². The Kier molecular flexibility index (Phi) is 3.29. The van der Waals surface area contributed by atoms with Crippen molar-refractivity contribution < 1.29 is 0 Å². The van der Waals surface area contributed by atoms with Gasteiger partial charge in [0, 0.05) is 5.56 Å². The third kappa shape index (κ3) is 2.51. The molecule has 0 aliphatic rings. The van der Waals surface area contributed by atoms with E-state index in [-0.39, 0.29) is 0 Å². The molecule has 0 spiro atoms. The Labute approximate surface area is 116 Å². The van der Waals surface area contributed by atoms with Crippen molar-refractivity contribution in [1.82, 2.24) is 14.8 Å². The number of hydrogen-bond donors (Lipinski definition) is 0. The van der Waals surface area contributed by atoms with Gasteiger partial charge in [-0.05, 0) is 17.2 Å². The fourth-order valence-electron chi connectivity index (χ4n) is 1.99. The highest BCUT2D eigenvalue weighted by Crippen LogP contribution is 2.21. The SMILES string of the molecule is Clc1nnc(-c2ccccc2)n1Cc1ccccc1. The van der Waals surface area contributed by atoms with Crippen LogP contribution in [0.15, 0.2) is 60.7 Å². The number of nitrogens with zero attached hydrogens (tertiary/aromatic N) is 3. The van der Waals surface area contributed by atoms with E-state index in [0.717, 1.165) is 11.4 Å². The molecule has 0 fully saturated rings. The van der Waals surface area contributed by atoms with E-state index in [1.54, 1.807) is 0 Å². The van der Waals surface area contributed by atoms with Crippen molar-refractivity contribution in [2.75, 3.05) is 0 Å². The summed E-state index contributed by atoms with van der Waals surface area (Å²) in [5, 5.41) is 8.54. The highest BCUT2D eigenvalue weighted by atomic mass is 35.5. The topological polar surface area (TPSA) is 30.7 Å². The first kappa shape index (κ1) is 11.9. The molecule has 0 amide bonds. The number of hydrogen-bond acceptors (Lipinski definition) is 2. The molecule has 0 saturated carbocycles. The second-order valence-electron chi connectivity index (χ2n) is 4.23. The molecule has 1 aromatic heterocycles. The van der Waals surface area contributed by atoms with Crippen molar-refractivity contribution in [2.24, 2.45) is 0 Å². The van der Waals surface area contributed by atoms with E-state index in [1.807, 2.05) is 53.1 Å². The lowest BCUT2D eigenvalue weighted by molar-refractivity contribution is 0.804. The second kappa shape index (κ2) is 5.24. The van der Waals surface area contributed by atoms with E-state index in [4.69, 9.17) is 11.6 Å². The Balaban J connectivity index is 2.00. The van der Waals surface area contributed by atoms with Crippen molar-refractivity contribution >= 4 is 11.6 Å². The summed E-state index contributed by atoms with van der Waals surface area (Å²) in [7, 11) is 0. The largest absolute Gasteiger partial charge is 0.293 e. The normalized spacial score (nSPS) is 10.6. The molecule has 2 aromatic carbocycles. The average molecular weight is 270 g/mol. The molecule has 4 heteroatoms. The van der Waals surface area contributed by atoms with Crippen molar-refractivity contribution in [3.63, 3.8) is 0 Å². The highest BCUT2D eigenvalue weighted by molar-refractivity contribution is 6.28. The number of aromatic nitrogens is 3. The van der Waals surface area contributed by atoms with Crippen LogP contribution in [0, 0.1) is 0 Å². The Hall–Kier alpha value is -2.13. The fourth-order valence-corrected chi connectivity index (χ4v) is 2.17. The zero-order valence-corrected chi connectivity index (χ0v) is 11.0. The Morgan fingerprint density at radius 3 is 2.16 bits per heavy atom. The summed E-state index contributed by atoms with van der Waals surface area (Å²) in [6, 6.07) is 20.1. The van der Waals surface area contributed by atoms with Crippen LogP contribution in [-0.2, 0) is 6.54 Å².